The van der Waals surface area contributed by atoms with E-state index in [2.05, 4.69) is 0 Å². The molecule has 1 rings (SSSR count). The number of nitrogens with zero attached hydrogens (tertiary/aromatic N) is 1. The highest BCUT2D eigenvalue weighted by molar-refractivity contribution is 6.32. The summed E-state index contributed by atoms with van der Waals surface area (Å²) in [5, 5.41) is 0.596. The third kappa shape index (κ3) is 4.27. The maximum atomic E-state index is 10.9. The molecule has 1 aromatic rings. The number of benzene rings is 1. The van der Waals surface area contributed by atoms with E-state index in [1.807, 2.05) is 37.1 Å². The SMILES string of the molecule is CCOc1ccc(N(C)CCC(C)=O)cc1Cl. The Labute approximate surface area is 107 Å². The van der Waals surface area contributed by atoms with Gasteiger partial charge in [0.2, 0.25) is 0 Å². The van der Waals surface area contributed by atoms with E-state index in [1.54, 1.807) is 6.92 Å². The van der Waals surface area contributed by atoms with Gasteiger partial charge in [-0.15, -0.1) is 0 Å². The third-order valence-electron chi connectivity index (χ3n) is 2.46. The van der Waals surface area contributed by atoms with E-state index in [4.69, 9.17) is 16.3 Å². The lowest BCUT2D eigenvalue weighted by molar-refractivity contribution is -0.116. The molecule has 0 bridgehead atoms. The summed E-state index contributed by atoms with van der Waals surface area (Å²) in [6, 6.07) is 5.65. The Morgan fingerprint density at radius 2 is 2.18 bits per heavy atom. The summed E-state index contributed by atoms with van der Waals surface area (Å²) < 4.78 is 5.36. The van der Waals surface area contributed by atoms with Crippen LogP contribution in [0.5, 0.6) is 5.75 Å². The number of halogens is 1. The topological polar surface area (TPSA) is 29.5 Å². The normalized spacial score (nSPS) is 10.1. The molecule has 0 atom stereocenters. The van der Waals surface area contributed by atoms with Crippen molar-refractivity contribution in [3.05, 3.63) is 23.2 Å². The number of Topliss-reactive ketones (excluding diaryl/α,β-unsaturated/α-hetero) is 1. The first-order chi connectivity index (χ1) is 8.04. The van der Waals surface area contributed by atoms with Crippen LogP contribution >= 0.6 is 11.6 Å². The number of carbonyl (C=O) groups excluding carboxylic acids is 1. The van der Waals surface area contributed by atoms with E-state index in [0.29, 0.717) is 30.3 Å². The summed E-state index contributed by atoms with van der Waals surface area (Å²) in [6.07, 6.45) is 0.543. The van der Waals surface area contributed by atoms with Crippen molar-refractivity contribution in [1.29, 1.82) is 0 Å². The highest BCUT2D eigenvalue weighted by atomic mass is 35.5. The van der Waals surface area contributed by atoms with Crippen molar-refractivity contribution >= 4 is 23.1 Å². The molecule has 0 aliphatic carbocycles. The van der Waals surface area contributed by atoms with Gasteiger partial charge in [0.25, 0.3) is 0 Å². The van der Waals surface area contributed by atoms with Gasteiger partial charge in [0.1, 0.15) is 11.5 Å². The van der Waals surface area contributed by atoms with E-state index in [1.165, 1.54) is 0 Å². The van der Waals surface area contributed by atoms with E-state index in [-0.39, 0.29) is 5.78 Å². The van der Waals surface area contributed by atoms with E-state index in [0.717, 1.165) is 5.69 Å². The summed E-state index contributed by atoms with van der Waals surface area (Å²) in [7, 11) is 1.94. The molecule has 0 amide bonds. The average Bonchev–Trinajstić information content (AvgIpc) is 2.28. The summed E-state index contributed by atoms with van der Waals surface area (Å²) in [5.74, 6) is 0.881. The van der Waals surface area contributed by atoms with Crippen molar-refractivity contribution in [3.8, 4) is 5.75 Å². The molecule has 0 saturated carbocycles. The van der Waals surface area contributed by atoms with Crippen LogP contribution in [0, 0.1) is 0 Å². The number of hydrogen-bond acceptors (Lipinski definition) is 3. The molecule has 1 aromatic carbocycles. The molecule has 0 N–H and O–H groups in total. The minimum atomic E-state index is 0.189. The van der Waals surface area contributed by atoms with Crippen LogP contribution in [0.2, 0.25) is 5.02 Å². The second kappa shape index (κ2) is 6.50. The molecule has 3 nitrogen and oxygen atoms in total. The summed E-state index contributed by atoms with van der Waals surface area (Å²) in [4.78, 5) is 12.9. The molecular weight excluding hydrogens is 238 g/mol. The molecule has 0 aliphatic rings. The molecule has 0 saturated heterocycles. The van der Waals surface area contributed by atoms with Gasteiger partial charge in [-0.1, -0.05) is 11.6 Å². The summed E-state index contributed by atoms with van der Waals surface area (Å²) in [6.45, 7) is 4.81. The van der Waals surface area contributed by atoms with Gasteiger partial charge in [0.15, 0.2) is 0 Å². The van der Waals surface area contributed by atoms with Crippen molar-refractivity contribution in [1.82, 2.24) is 0 Å². The van der Waals surface area contributed by atoms with Crippen molar-refractivity contribution in [2.45, 2.75) is 20.3 Å². The van der Waals surface area contributed by atoms with Crippen LogP contribution in [-0.4, -0.2) is 26.0 Å². The molecule has 0 radical (unpaired) electrons. The second-order valence-electron chi connectivity index (χ2n) is 3.92. The molecule has 94 valence electrons. The van der Waals surface area contributed by atoms with Gasteiger partial charge < -0.3 is 9.64 Å². The Balaban J connectivity index is 2.71. The minimum absolute atomic E-state index is 0.189. The molecular formula is C13H18ClNO2. The molecule has 0 fully saturated rings. The second-order valence-corrected chi connectivity index (χ2v) is 4.33. The van der Waals surface area contributed by atoms with Crippen LogP contribution in [0.3, 0.4) is 0 Å². The standard InChI is InChI=1S/C13H18ClNO2/c1-4-17-13-6-5-11(9-12(13)14)15(3)8-7-10(2)16/h5-6,9H,4,7-8H2,1-3H3. The first-order valence-corrected chi connectivity index (χ1v) is 6.05. The zero-order valence-electron chi connectivity index (χ0n) is 10.5. The highest BCUT2D eigenvalue weighted by Gasteiger charge is 2.06. The summed E-state index contributed by atoms with van der Waals surface area (Å²) >= 11 is 6.10. The Morgan fingerprint density at radius 1 is 1.47 bits per heavy atom. The van der Waals surface area contributed by atoms with Crippen molar-refractivity contribution in [3.63, 3.8) is 0 Å². The fourth-order valence-electron chi connectivity index (χ4n) is 1.45. The van der Waals surface area contributed by atoms with E-state index in [9.17, 15) is 4.79 Å². The molecule has 0 aliphatic heterocycles. The smallest absolute Gasteiger partial charge is 0.138 e. The van der Waals surface area contributed by atoms with Crippen LogP contribution < -0.4 is 9.64 Å². The monoisotopic (exact) mass is 255 g/mol. The van der Waals surface area contributed by atoms with Crippen LogP contribution in [0.15, 0.2) is 18.2 Å². The van der Waals surface area contributed by atoms with Gasteiger partial charge >= 0.3 is 0 Å². The van der Waals surface area contributed by atoms with Gasteiger partial charge in [0, 0.05) is 25.7 Å². The van der Waals surface area contributed by atoms with Crippen LogP contribution in [0.4, 0.5) is 5.69 Å². The number of carbonyl (C=O) groups is 1. The molecule has 0 heterocycles. The fraction of sp³-hybridized carbons (Fsp3) is 0.462. The Kier molecular flexibility index (Phi) is 5.29. The predicted octanol–water partition coefficient (Wildman–Crippen LogP) is 3.15. The van der Waals surface area contributed by atoms with Crippen LogP contribution in [0.1, 0.15) is 20.3 Å². The number of ketones is 1. The van der Waals surface area contributed by atoms with Gasteiger partial charge in [-0.05, 0) is 32.0 Å². The van der Waals surface area contributed by atoms with Gasteiger partial charge in [-0.2, -0.15) is 0 Å². The van der Waals surface area contributed by atoms with E-state index >= 15 is 0 Å². The lowest BCUT2D eigenvalue weighted by atomic mass is 10.2. The largest absolute Gasteiger partial charge is 0.492 e. The molecule has 0 spiro atoms. The Morgan fingerprint density at radius 3 is 2.71 bits per heavy atom. The van der Waals surface area contributed by atoms with Gasteiger partial charge in [-0.3, -0.25) is 4.79 Å². The lowest BCUT2D eigenvalue weighted by Gasteiger charge is -2.19. The number of anilines is 1. The van der Waals surface area contributed by atoms with Crippen molar-refractivity contribution in [2.75, 3.05) is 25.1 Å². The maximum Gasteiger partial charge on any atom is 0.138 e. The quantitative estimate of drug-likeness (QED) is 0.782. The van der Waals surface area contributed by atoms with Crippen molar-refractivity contribution < 1.29 is 9.53 Å². The van der Waals surface area contributed by atoms with Crippen LogP contribution in [0.25, 0.3) is 0 Å². The Bertz CT molecular complexity index is 393. The van der Waals surface area contributed by atoms with Crippen LogP contribution in [-0.2, 0) is 4.79 Å². The summed E-state index contributed by atoms with van der Waals surface area (Å²) in [5.41, 5.74) is 0.986. The predicted molar refractivity (Wildman–Crippen MR) is 71.2 cm³/mol. The molecule has 17 heavy (non-hydrogen) atoms. The third-order valence-corrected chi connectivity index (χ3v) is 2.75. The molecule has 4 heteroatoms. The lowest BCUT2D eigenvalue weighted by Crippen LogP contribution is -2.20. The first kappa shape index (κ1) is 13.8. The zero-order chi connectivity index (χ0) is 12.8. The first-order valence-electron chi connectivity index (χ1n) is 5.67. The molecule has 0 unspecified atom stereocenters. The van der Waals surface area contributed by atoms with Gasteiger partial charge in [-0.25, -0.2) is 0 Å². The minimum Gasteiger partial charge on any atom is -0.492 e. The molecule has 0 aromatic heterocycles. The highest BCUT2D eigenvalue weighted by Crippen LogP contribution is 2.29. The number of rotatable bonds is 6. The van der Waals surface area contributed by atoms with Gasteiger partial charge in [0.05, 0.1) is 11.6 Å². The Hall–Kier alpha value is -1.22. The number of hydrogen-bond donors (Lipinski definition) is 0. The van der Waals surface area contributed by atoms with Crippen molar-refractivity contribution in [2.24, 2.45) is 0 Å². The average molecular weight is 256 g/mol. The fourth-order valence-corrected chi connectivity index (χ4v) is 1.68. The zero-order valence-corrected chi connectivity index (χ0v) is 11.3. The van der Waals surface area contributed by atoms with E-state index < -0.39 is 0 Å². The number of ether oxygens (including phenoxy) is 1. The maximum absolute atomic E-state index is 10.9.